The van der Waals surface area contributed by atoms with E-state index in [4.69, 9.17) is 16.3 Å². The van der Waals surface area contributed by atoms with Crippen LogP contribution in [0.2, 0.25) is 4.34 Å². The van der Waals surface area contributed by atoms with Crippen LogP contribution in [0.5, 0.6) is 0 Å². The van der Waals surface area contributed by atoms with Crippen molar-refractivity contribution < 1.29 is 9.53 Å². The number of nitriles is 1. The van der Waals surface area contributed by atoms with Crippen molar-refractivity contribution in [1.82, 2.24) is 4.90 Å². The molecule has 1 fully saturated rings. The molecule has 4 nitrogen and oxygen atoms in total. The molecule has 1 unspecified atom stereocenters. The minimum Gasteiger partial charge on any atom is -0.444 e. The van der Waals surface area contributed by atoms with Gasteiger partial charge in [-0.25, -0.2) is 4.79 Å². The van der Waals surface area contributed by atoms with Crippen LogP contribution in [0, 0.1) is 11.3 Å². The normalized spacial score (nSPS) is 16.5. The first-order chi connectivity index (χ1) is 10.2. The average molecular weight is 406 g/mol. The molecule has 0 aliphatic heterocycles. The minimum atomic E-state index is -0.672. The first kappa shape index (κ1) is 17.6. The minimum absolute atomic E-state index is 0.0548. The number of carbonyl (C=O) groups excluding carboxylic acids is 1. The van der Waals surface area contributed by atoms with Crippen molar-refractivity contribution in [2.75, 3.05) is 0 Å². The van der Waals surface area contributed by atoms with Gasteiger partial charge in [0.2, 0.25) is 0 Å². The zero-order chi connectivity index (χ0) is 16.5. The monoisotopic (exact) mass is 404 g/mol. The number of hydrogen-bond acceptors (Lipinski definition) is 4. The van der Waals surface area contributed by atoms with Crippen LogP contribution in [0.15, 0.2) is 10.5 Å². The molecule has 0 saturated heterocycles. The molecule has 0 radical (unpaired) electrons. The van der Waals surface area contributed by atoms with E-state index in [9.17, 15) is 10.1 Å². The molecule has 1 atom stereocenters. The first-order valence-corrected chi connectivity index (χ1v) is 9.07. The smallest absolute Gasteiger partial charge is 0.411 e. The largest absolute Gasteiger partial charge is 0.444 e. The third-order valence-electron chi connectivity index (χ3n) is 3.41. The topological polar surface area (TPSA) is 53.3 Å². The Morgan fingerprint density at radius 2 is 2.23 bits per heavy atom. The molecule has 0 spiro atoms. The van der Waals surface area contributed by atoms with Gasteiger partial charge in [0, 0.05) is 15.4 Å². The number of nitrogens with zero attached hydrogens (tertiary/aromatic N) is 2. The molecule has 1 amide bonds. The quantitative estimate of drug-likeness (QED) is 0.665. The molecule has 0 aromatic carbocycles. The van der Waals surface area contributed by atoms with Crippen molar-refractivity contribution in [3.63, 3.8) is 0 Å². The van der Waals surface area contributed by atoms with E-state index in [0.717, 1.165) is 28.6 Å². The van der Waals surface area contributed by atoms with Gasteiger partial charge in [-0.2, -0.15) is 5.26 Å². The third-order valence-corrected chi connectivity index (χ3v) is 5.93. The molecule has 7 heteroatoms. The summed E-state index contributed by atoms with van der Waals surface area (Å²) in [5.74, 6) is 0. The number of ether oxygens (including phenoxy) is 1. The summed E-state index contributed by atoms with van der Waals surface area (Å²) in [6.07, 6.45) is 2.43. The summed E-state index contributed by atoms with van der Waals surface area (Å²) in [6.45, 7) is 5.47. The van der Waals surface area contributed by atoms with Gasteiger partial charge in [0.25, 0.3) is 0 Å². The van der Waals surface area contributed by atoms with Gasteiger partial charge in [-0.3, -0.25) is 4.90 Å². The van der Waals surface area contributed by atoms with Crippen LogP contribution in [0.1, 0.15) is 51.0 Å². The van der Waals surface area contributed by atoms with E-state index >= 15 is 0 Å². The van der Waals surface area contributed by atoms with Crippen LogP contribution in [-0.4, -0.2) is 22.6 Å². The average Bonchev–Trinajstić information content (AvgIpc) is 2.64. The SMILES string of the molecule is CC(C)(C)OC(=O)N(C1CCC1)C(C#N)c1cc(Br)c(Cl)s1. The van der Waals surface area contributed by atoms with Gasteiger partial charge in [-0.1, -0.05) is 11.6 Å². The summed E-state index contributed by atoms with van der Waals surface area (Å²) in [6, 6.07) is 3.42. The molecule has 1 aromatic rings. The summed E-state index contributed by atoms with van der Waals surface area (Å²) < 4.78 is 6.81. The van der Waals surface area contributed by atoms with Crippen molar-refractivity contribution in [2.24, 2.45) is 0 Å². The maximum Gasteiger partial charge on any atom is 0.411 e. The number of amides is 1. The summed E-state index contributed by atoms with van der Waals surface area (Å²) >= 11 is 10.7. The lowest BCUT2D eigenvalue weighted by Gasteiger charge is -2.40. The lowest BCUT2D eigenvalue weighted by molar-refractivity contribution is 0.000289. The van der Waals surface area contributed by atoms with Crippen LogP contribution >= 0.6 is 38.9 Å². The molecular weight excluding hydrogens is 388 g/mol. The van der Waals surface area contributed by atoms with Crippen LogP contribution in [0.25, 0.3) is 0 Å². The van der Waals surface area contributed by atoms with E-state index in [-0.39, 0.29) is 6.04 Å². The Hall–Kier alpha value is -0.770. The molecular formula is C15H18BrClN2O2S. The van der Waals surface area contributed by atoms with E-state index in [2.05, 4.69) is 22.0 Å². The van der Waals surface area contributed by atoms with Gasteiger partial charge < -0.3 is 4.74 Å². The maximum atomic E-state index is 12.6. The highest BCUT2D eigenvalue weighted by Gasteiger charge is 2.38. The Bertz CT molecular complexity index is 582. The Balaban J connectivity index is 2.30. The summed E-state index contributed by atoms with van der Waals surface area (Å²) in [4.78, 5) is 14.9. The maximum absolute atomic E-state index is 12.6. The Kier molecular flexibility index (Phi) is 5.41. The molecule has 1 saturated carbocycles. The Morgan fingerprint density at radius 3 is 2.59 bits per heavy atom. The predicted octanol–water partition coefficient (Wildman–Crippen LogP) is 5.52. The highest BCUT2D eigenvalue weighted by Crippen LogP contribution is 2.40. The highest BCUT2D eigenvalue weighted by molar-refractivity contribution is 9.10. The van der Waals surface area contributed by atoms with Gasteiger partial charge in [0.05, 0.1) is 6.07 Å². The molecule has 0 bridgehead atoms. The fraction of sp³-hybridized carbons (Fsp3) is 0.600. The van der Waals surface area contributed by atoms with Crippen molar-refractivity contribution in [3.8, 4) is 6.07 Å². The van der Waals surface area contributed by atoms with E-state index in [0.29, 0.717) is 4.34 Å². The fourth-order valence-electron chi connectivity index (χ4n) is 2.21. The van der Waals surface area contributed by atoms with E-state index in [1.54, 1.807) is 11.0 Å². The van der Waals surface area contributed by atoms with Crippen molar-refractivity contribution in [1.29, 1.82) is 5.26 Å². The number of carbonyl (C=O) groups is 1. The van der Waals surface area contributed by atoms with Gasteiger partial charge in [0.15, 0.2) is 6.04 Å². The number of thiophene rings is 1. The van der Waals surface area contributed by atoms with Crippen LogP contribution < -0.4 is 0 Å². The number of hydrogen-bond donors (Lipinski definition) is 0. The zero-order valence-corrected chi connectivity index (χ0v) is 15.9. The van der Waals surface area contributed by atoms with E-state index < -0.39 is 17.7 Å². The lowest BCUT2D eigenvalue weighted by atomic mass is 9.90. The molecule has 22 heavy (non-hydrogen) atoms. The third kappa shape index (κ3) is 3.95. The van der Waals surface area contributed by atoms with Crippen LogP contribution in [0.3, 0.4) is 0 Å². The molecule has 1 heterocycles. The Labute approximate surface area is 148 Å². The zero-order valence-electron chi connectivity index (χ0n) is 12.7. The standard InChI is InChI=1S/C15H18BrClN2O2S/c1-15(2,3)21-14(20)19(9-5-4-6-9)11(8-18)12-7-10(16)13(17)22-12/h7,9,11H,4-6H2,1-3H3. The molecule has 1 aliphatic carbocycles. The molecule has 1 aliphatic rings. The second kappa shape index (κ2) is 6.77. The fourth-order valence-corrected chi connectivity index (χ4v) is 3.99. The molecule has 2 rings (SSSR count). The summed E-state index contributed by atoms with van der Waals surface area (Å²) in [5.41, 5.74) is -0.591. The van der Waals surface area contributed by atoms with Crippen LogP contribution in [-0.2, 0) is 4.74 Å². The predicted molar refractivity (Wildman–Crippen MR) is 91.1 cm³/mol. The Morgan fingerprint density at radius 1 is 1.59 bits per heavy atom. The lowest BCUT2D eigenvalue weighted by Crippen LogP contribution is -2.47. The van der Waals surface area contributed by atoms with Gasteiger partial charge in [-0.05, 0) is 62.0 Å². The second-order valence-electron chi connectivity index (χ2n) is 6.27. The summed E-state index contributed by atoms with van der Waals surface area (Å²) in [5, 5.41) is 9.61. The number of rotatable bonds is 3. The first-order valence-electron chi connectivity index (χ1n) is 7.08. The summed E-state index contributed by atoms with van der Waals surface area (Å²) in [7, 11) is 0. The molecule has 0 N–H and O–H groups in total. The van der Waals surface area contributed by atoms with Gasteiger partial charge >= 0.3 is 6.09 Å². The van der Waals surface area contributed by atoms with Crippen molar-refractivity contribution >= 4 is 45.0 Å². The van der Waals surface area contributed by atoms with E-state index in [1.165, 1.54) is 11.3 Å². The highest BCUT2D eigenvalue weighted by atomic mass is 79.9. The van der Waals surface area contributed by atoms with Gasteiger partial charge in [-0.15, -0.1) is 11.3 Å². The van der Waals surface area contributed by atoms with E-state index in [1.807, 2.05) is 20.8 Å². The van der Waals surface area contributed by atoms with Crippen molar-refractivity contribution in [2.45, 2.75) is 57.7 Å². The number of halogens is 2. The van der Waals surface area contributed by atoms with Crippen LogP contribution in [0.4, 0.5) is 4.79 Å². The molecule has 120 valence electrons. The van der Waals surface area contributed by atoms with Crippen molar-refractivity contribution in [3.05, 3.63) is 19.8 Å². The second-order valence-corrected chi connectivity index (χ2v) is 8.81. The van der Waals surface area contributed by atoms with Gasteiger partial charge in [0.1, 0.15) is 9.94 Å². The molecule has 1 aromatic heterocycles.